The molecule has 1 heterocycles. The molecule has 0 saturated carbocycles. The van der Waals surface area contributed by atoms with E-state index in [0.29, 0.717) is 6.04 Å². The lowest BCUT2D eigenvalue weighted by atomic mass is 10.0. The normalized spacial score (nSPS) is 16.1. The van der Waals surface area contributed by atoms with Crippen molar-refractivity contribution in [3.05, 3.63) is 29.8 Å². The van der Waals surface area contributed by atoms with Gasteiger partial charge in [-0.05, 0) is 64.3 Å². The van der Waals surface area contributed by atoms with E-state index < -0.39 is 5.60 Å². The number of carbonyl (C=O) groups is 1. The number of nitrogens with zero attached hydrogens (tertiary/aromatic N) is 1. The van der Waals surface area contributed by atoms with Crippen LogP contribution < -0.4 is 10.1 Å². The van der Waals surface area contributed by atoms with E-state index in [1.807, 2.05) is 37.8 Å². The molecule has 1 aliphatic heterocycles. The standard InChI is InChI=1S/C19H30N2O3/c1-19(2,3)24-18(22)21-12-9-16(10-13-21)20-11-8-15-6-5-7-17(14-15)23-4/h5-7,14,16,20H,8-13H2,1-4H3. The van der Waals surface area contributed by atoms with Gasteiger partial charge < -0.3 is 19.7 Å². The first-order valence-electron chi connectivity index (χ1n) is 8.71. The van der Waals surface area contributed by atoms with Gasteiger partial charge in [-0.25, -0.2) is 4.79 Å². The summed E-state index contributed by atoms with van der Waals surface area (Å²) in [6.45, 7) is 8.15. The van der Waals surface area contributed by atoms with Gasteiger partial charge in [0, 0.05) is 19.1 Å². The lowest BCUT2D eigenvalue weighted by Crippen LogP contribution is -2.46. The van der Waals surface area contributed by atoms with E-state index in [1.165, 1.54) is 5.56 Å². The summed E-state index contributed by atoms with van der Waals surface area (Å²) in [5, 5.41) is 3.60. The number of amides is 1. The molecule has 1 fully saturated rings. The molecule has 134 valence electrons. The first kappa shape index (κ1) is 18.6. The molecule has 0 spiro atoms. The van der Waals surface area contributed by atoms with Crippen molar-refractivity contribution in [1.29, 1.82) is 0 Å². The predicted octanol–water partition coefficient (Wildman–Crippen LogP) is 3.23. The summed E-state index contributed by atoms with van der Waals surface area (Å²) in [4.78, 5) is 13.9. The van der Waals surface area contributed by atoms with Crippen molar-refractivity contribution in [3.8, 4) is 5.75 Å². The van der Waals surface area contributed by atoms with Crippen LogP contribution in [0, 0.1) is 0 Å². The first-order valence-corrected chi connectivity index (χ1v) is 8.71. The summed E-state index contributed by atoms with van der Waals surface area (Å²) in [6, 6.07) is 8.65. The molecule has 1 amide bonds. The fourth-order valence-corrected chi connectivity index (χ4v) is 2.84. The number of hydrogen-bond acceptors (Lipinski definition) is 4. The third-order valence-corrected chi connectivity index (χ3v) is 4.13. The van der Waals surface area contributed by atoms with E-state index in [1.54, 1.807) is 7.11 Å². The quantitative estimate of drug-likeness (QED) is 0.898. The Balaban J connectivity index is 1.68. The number of hydrogen-bond donors (Lipinski definition) is 1. The molecule has 1 aromatic carbocycles. The Morgan fingerprint density at radius 1 is 1.29 bits per heavy atom. The average Bonchev–Trinajstić information content (AvgIpc) is 2.54. The molecule has 0 aliphatic carbocycles. The minimum absolute atomic E-state index is 0.197. The van der Waals surface area contributed by atoms with Crippen LogP contribution >= 0.6 is 0 Å². The van der Waals surface area contributed by atoms with Gasteiger partial charge in [0.2, 0.25) is 0 Å². The molecule has 5 heteroatoms. The van der Waals surface area contributed by atoms with Crippen LogP contribution in [0.15, 0.2) is 24.3 Å². The lowest BCUT2D eigenvalue weighted by Gasteiger charge is -2.33. The van der Waals surface area contributed by atoms with Crippen LogP contribution in [0.5, 0.6) is 5.75 Å². The SMILES string of the molecule is COc1cccc(CCNC2CCN(C(=O)OC(C)(C)C)CC2)c1. The van der Waals surface area contributed by atoms with Gasteiger partial charge in [-0.3, -0.25) is 0 Å². The van der Waals surface area contributed by atoms with Crippen LogP contribution in [0.1, 0.15) is 39.2 Å². The third-order valence-electron chi connectivity index (χ3n) is 4.13. The number of ether oxygens (including phenoxy) is 2. The van der Waals surface area contributed by atoms with Crippen LogP contribution in [0.25, 0.3) is 0 Å². The lowest BCUT2D eigenvalue weighted by molar-refractivity contribution is 0.0198. The second kappa shape index (κ2) is 8.38. The Hall–Kier alpha value is -1.75. The highest BCUT2D eigenvalue weighted by atomic mass is 16.6. The number of carbonyl (C=O) groups excluding carboxylic acids is 1. The minimum atomic E-state index is -0.428. The summed E-state index contributed by atoms with van der Waals surface area (Å²) < 4.78 is 10.7. The Kier molecular flexibility index (Phi) is 6.49. The highest BCUT2D eigenvalue weighted by Gasteiger charge is 2.26. The smallest absolute Gasteiger partial charge is 0.410 e. The minimum Gasteiger partial charge on any atom is -0.497 e. The summed E-state index contributed by atoms with van der Waals surface area (Å²) >= 11 is 0. The van der Waals surface area contributed by atoms with Crippen LogP contribution in [0.3, 0.4) is 0 Å². The van der Waals surface area contributed by atoms with E-state index in [0.717, 1.165) is 44.6 Å². The molecule has 0 bridgehead atoms. The fraction of sp³-hybridized carbons (Fsp3) is 0.632. The molecular weight excluding hydrogens is 304 g/mol. The van der Waals surface area contributed by atoms with Crippen molar-refractivity contribution < 1.29 is 14.3 Å². The number of rotatable bonds is 5. The third kappa shape index (κ3) is 6.04. The second-order valence-corrected chi connectivity index (χ2v) is 7.30. The summed E-state index contributed by atoms with van der Waals surface area (Å²) in [6.07, 6.45) is 2.72. The fourth-order valence-electron chi connectivity index (χ4n) is 2.84. The van der Waals surface area contributed by atoms with Crippen molar-refractivity contribution in [2.45, 2.75) is 51.7 Å². The van der Waals surface area contributed by atoms with E-state index in [-0.39, 0.29) is 6.09 Å². The van der Waals surface area contributed by atoms with Crippen LogP contribution in [-0.4, -0.2) is 49.4 Å². The van der Waals surface area contributed by atoms with Crippen molar-refractivity contribution in [2.75, 3.05) is 26.7 Å². The predicted molar refractivity (Wildman–Crippen MR) is 95.5 cm³/mol. The van der Waals surface area contributed by atoms with Crippen LogP contribution in [0.4, 0.5) is 4.79 Å². The molecular formula is C19H30N2O3. The number of methoxy groups -OCH3 is 1. The second-order valence-electron chi connectivity index (χ2n) is 7.30. The van der Waals surface area contributed by atoms with Crippen LogP contribution in [-0.2, 0) is 11.2 Å². The monoisotopic (exact) mass is 334 g/mol. The Morgan fingerprint density at radius 2 is 2.00 bits per heavy atom. The molecule has 1 N–H and O–H groups in total. The van der Waals surface area contributed by atoms with Crippen molar-refractivity contribution in [1.82, 2.24) is 10.2 Å². The molecule has 1 aromatic rings. The van der Waals surface area contributed by atoms with Gasteiger partial charge in [0.1, 0.15) is 11.4 Å². The topological polar surface area (TPSA) is 50.8 Å². The molecule has 24 heavy (non-hydrogen) atoms. The van der Waals surface area contributed by atoms with Gasteiger partial charge in [0.15, 0.2) is 0 Å². The van der Waals surface area contributed by atoms with E-state index in [4.69, 9.17) is 9.47 Å². The highest BCUT2D eigenvalue weighted by molar-refractivity contribution is 5.68. The van der Waals surface area contributed by atoms with Crippen LogP contribution in [0.2, 0.25) is 0 Å². The number of piperidine rings is 1. The molecule has 0 radical (unpaired) electrons. The molecule has 0 aromatic heterocycles. The zero-order valence-corrected chi connectivity index (χ0v) is 15.3. The summed E-state index contributed by atoms with van der Waals surface area (Å²) in [5.41, 5.74) is 0.844. The summed E-state index contributed by atoms with van der Waals surface area (Å²) in [5.74, 6) is 0.901. The van der Waals surface area contributed by atoms with Gasteiger partial charge in [0.25, 0.3) is 0 Å². The Morgan fingerprint density at radius 3 is 2.62 bits per heavy atom. The maximum absolute atomic E-state index is 12.1. The first-order chi connectivity index (χ1) is 11.4. The number of nitrogens with one attached hydrogen (secondary N) is 1. The maximum atomic E-state index is 12.1. The van der Waals surface area contributed by atoms with E-state index >= 15 is 0 Å². The number of likely N-dealkylation sites (tertiary alicyclic amines) is 1. The molecule has 1 saturated heterocycles. The average molecular weight is 334 g/mol. The summed E-state index contributed by atoms with van der Waals surface area (Å²) in [7, 11) is 1.69. The highest BCUT2D eigenvalue weighted by Crippen LogP contribution is 2.16. The Bertz CT molecular complexity index is 532. The van der Waals surface area contributed by atoms with Gasteiger partial charge in [-0.1, -0.05) is 12.1 Å². The van der Waals surface area contributed by atoms with Crippen molar-refractivity contribution in [3.63, 3.8) is 0 Å². The largest absolute Gasteiger partial charge is 0.497 e. The molecule has 5 nitrogen and oxygen atoms in total. The van der Waals surface area contributed by atoms with E-state index in [2.05, 4.69) is 17.4 Å². The molecule has 0 unspecified atom stereocenters. The van der Waals surface area contributed by atoms with Gasteiger partial charge in [-0.2, -0.15) is 0 Å². The number of benzene rings is 1. The molecule has 0 atom stereocenters. The van der Waals surface area contributed by atoms with Gasteiger partial charge in [-0.15, -0.1) is 0 Å². The van der Waals surface area contributed by atoms with Gasteiger partial charge >= 0.3 is 6.09 Å². The maximum Gasteiger partial charge on any atom is 0.410 e. The molecule has 1 aliphatic rings. The van der Waals surface area contributed by atoms with Gasteiger partial charge in [0.05, 0.1) is 7.11 Å². The van der Waals surface area contributed by atoms with Crippen molar-refractivity contribution >= 4 is 6.09 Å². The van der Waals surface area contributed by atoms with E-state index in [9.17, 15) is 4.79 Å². The Labute approximate surface area is 145 Å². The van der Waals surface area contributed by atoms with Crippen molar-refractivity contribution in [2.24, 2.45) is 0 Å². The zero-order chi connectivity index (χ0) is 17.6. The zero-order valence-electron chi connectivity index (χ0n) is 15.3. The molecule has 2 rings (SSSR count).